The molecule has 2 aromatic heterocycles. The van der Waals surface area contributed by atoms with Crippen molar-refractivity contribution in [1.82, 2.24) is 19.5 Å². The van der Waals surface area contributed by atoms with E-state index >= 15 is 0 Å². The summed E-state index contributed by atoms with van der Waals surface area (Å²) >= 11 is 0. The zero-order chi connectivity index (χ0) is 36.8. The van der Waals surface area contributed by atoms with E-state index in [0.29, 0.717) is 28.5 Å². The number of rotatable bonds is 6. The summed E-state index contributed by atoms with van der Waals surface area (Å²) in [6, 6.07) is 53.2. The minimum Gasteiger partial charge on any atom is -0.309 e. The third kappa shape index (κ3) is 5.99. The molecule has 2 heterocycles. The first-order valence-corrected chi connectivity index (χ1v) is 17.6. The summed E-state index contributed by atoms with van der Waals surface area (Å²) in [6.45, 7) is 2.07. The van der Waals surface area contributed by atoms with Crippen molar-refractivity contribution in [3.63, 3.8) is 0 Å². The van der Waals surface area contributed by atoms with Crippen molar-refractivity contribution in [3.8, 4) is 62.1 Å². The summed E-state index contributed by atoms with van der Waals surface area (Å²) in [5.41, 5.74) is 7.60. The van der Waals surface area contributed by atoms with Crippen LogP contribution in [0.25, 0.3) is 83.9 Å². The Morgan fingerprint density at radius 3 is 1.69 bits per heavy atom. The van der Waals surface area contributed by atoms with Gasteiger partial charge in [-0.3, -0.25) is 0 Å². The Bertz CT molecular complexity index is 2750. The van der Waals surface area contributed by atoms with Gasteiger partial charge < -0.3 is 4.57 Å². The minimum atomic E-state index is -4.60. The summed E-state index contributed by atoms with van der Waals surface area (Å²) in [5.74, 6) is 1.11. The van der Waals surface area contributed by atoms with Crippen molar-refractivity contribution in [2.75, 3.05) is 0 Å². The fourth-order valence-corrected chi connectivity index (χ4v) is 7.16. The standard InChI is InChI=1S/C47H31F3N4/c1-30-20-22-31(23-21-30)34-24-27-43-40(28-34)37-17-9-11-19-42(37)54(43)35-25-26-38(39(29-35)36-16-8-10-18-41(36)47(48,49)50)46-52-44(32-12-4-2-5-13-32)51-45(53-46)33-14-6-3-7-15-33/h2-29H,1H3. The first-order valence-electron chi connectivity index (χ1n) is 17.6. The molecule has 9 aromatic rings. The lowest BCUT2D eigenvalue weighted by atomic mass is 9.93. The molecule has 9 rings (SSSR count). The van der Waals surface area contributed by atoms with Crippen LogP contribution >= 0.6 is 0 Å². The predicted molar refractivity (Wildman–Crippen MR) is 211 cm³/mol. The molecule has 0 unspecified atom stereocenters. The van der Waals surface area contributed by atoms with Crippen molar-refractivity contribution >= 4 is 21.8 Å². The highest BCUT2D eigenvalue weighted by Crippen LogP contribution is 2.43. The van der Waals surface area contributed by atoms with E-state index < -0.39 is 11.7 Å². The highest BCUT2D eigenvalue weighted by Gasteiger charge is 2.34. The van der Waals surface area contributed by atoms with Crippen LogP contribution in [-0.4, -0.2) is 19.5 Å². The van der Waals surface area contributed by atoms with E-state index in [9.17, 15) is 13.2 Å². The second-order valence-corrected chi connectivity index (χ2v) is 13.3. The maximum atomic E-state index is 14.8. The fraction of sp³-hybridized carbons (Fsp3) is 0.0426. The van der Waals surface area contributed by atoms with Gasteiger partial charge >= 0.3 is 6.18 Å². The third-order valence-electron chi connectivity index (χ3n) is 9.78. The molecule has 0 spiro atoms. The van der Waals surface area contributed by atoms with E-state index in [4.69, 9.17) is 15.0 Å². The largest absolute Gasteiger partial charge is 0.417 e. The molecule has 0 atom stereocenters. The van der Waals surface area contributed by atoms with Crippen LogP contribution in [0.5, 0.6) is 0 Å². The van der Waals surface area contributed by atoms with Gasteiger partial charge in [-0.2, -0.15) is 13.2 Å². The Hall–Kier alpha value is -6.86. The van der Waals surface area contributed by atoms with Crippen LogP contribution in [-0.2, 0) is 6.18 Å². The molecule has 0 bridgehead atoms. The predicted octanol–water partition coefficient (Wildman–Crippen LogP) is 12.6. The smallest absolute Gasteiger partial charge is 0.309 e. The molecule has 7 heteroatoms. The van der Waals surface area contributed by atoms with Crippen LogP contribution in [0.1, 0.15) is 11.1 Å². The molecule has 0 amide bonds. The van der Waals surface area contributed by atoms with Crippen molar-refractivity contribution in [2.24, 2.45) is 0 Å². The van der Waals surface area contributed by atoms with Crippen molar-refractivity contribution < 1.29 is 13.2 Å². The normalized spacial score (nSPS) is 11.7. The summed E-state index contributed by atoms with van der Waals surface area (Å²) in [7, 11) is 0. The second-order valence-electron chi connectivity index (χ2n) is 13.3. The molecule has 0 N–H and O–H groups in total. The van der Waals surface area contributed by atoms with E-state index in [1.165, 1.54) is 17.7 Å². The molecule has 0 aliphatic carbocycles. The van der Waals surface area contributed by atoms with Gasteiger partial charge in [0.1, 0.15) is 0 Å². The van der Waals surface area contributed by atoms with E-state index in [-0.39, 0.29) is 11.4 Å². The molecule has 54 heavy (non-hydrogen) atoms. The van der Waals surface area contributed by atoms with Crippen molar-refractivity contribution in [2.45, 2.75) is 13.1 Å². The van der Waals surface area contributed by atoms with Crippen molar-refractivity contribution in [3.05, 3.63) is 181 Å². The maximum Gasteiger partial charge on any atom is 0.417 e. The zero-order valence-electron chi connectivity index (χ0n) is 29.1. The van der Waals surface area contributed by atoms with Gasteiger partial charge in [-0.15, -0.1) is 0 Å². The molecular weight excluding hydrogens is 678 g/mol. The van der Waals surface area contributed by atoms with E-state index in [1.54, 1.807) is 6.07 Å². The molecule has 4 nitrogen and oxygen atoms in total. The van der Waals surface area contributed by atoms with Gasteiger partial charge in [-0.05, 0) is 71.6 Å². The number of aromatic nitrogens is 4. The van der Waals surface area contributed by atoms with Crippen LogP contribution in [0.4, 0.5) is 13.2 Å². The molecule has 0 aliphatic rings. The number of hydrogen-bond acceptors (Lipinski definition) is 3. The molecule has 7 aromatic carbocycles. The monoisotopic (exact) mass is 708 g/mol. The Kier molecular flexibility index (Phi) is 8.12. The third-order valence-corrected chi connectivity index (χ3v) is 9.78. The highest BCUT2D eigenvalue weighted by atomic mass is 19.4. The maximum absolute atomic E-state index is 14.8. The first-order chi connectivity index (χ1) is 26.3. The SMILES string of the molecule is Cc1ccc(-c2ccc3c(c2)c2ccccc2n3-c2ccc(-c3nc(-c4ccccc4)nc(-c4ccccc4)n3)c(-c3ccccc3C(F)(F)F)c2)cc1. The van der Waals surface area contributed by atoms with Gasteiger partial charge in [0.15, 0.2) is 17.5 Å². The Morgan fingerprint density at radius 1 is 0.426 bits per heavy atom. The lowest BCUT2D eigenvalue weighted by molar-refractivity contribution is -0.137. The lowest BCUT2D eigenvalue weighted by Crippen LogP contribution is -2.08. The number of fused-ring (bicyclic) bond motifs is 3. The highest BCUT2D eigenvalue weighted by molar-refractivity contribution is 6.10. The molecule has 0 radical (unpaired) electrons. The quantitative estimate of drug-likeness (QED) is 0.173. The average molecular weight is 709 g/mol. The lowest BCUT2D eigenvalue weighted by Gasteiger charge is -2.18. The number of alkyl halides is 3. The van der Waals surface area contributed by atoms with E-state index in [1.807, 2.05) is 97.1 Å². The Balaban J connectivity index is 1.31. The molecule has 260 valence electrons. The van der Waals surface area contributed by atoms with E-state index in [0.717, 1.165) is 50.1 Å². The number of halogens is 3. The number of hydrogen-bond donors (Lipinski definition) is 0. The summed E-state index contributed by atoms with van der Waals surface area (Å²) in [5, 5.41) is 2.09. The topological polar surface area (TPSA) is 43.6 Å². The number of benzene rings is 7. The van der Waals surface area contributed by atoms with Gasteiger partial charge in [0, 0.05) is 33.2 Å². The number of nitrogens with zero attached hydrogens (tertiary/aromatic N) is 4. The molecule has 0 saturated heterocycles. The second kappa shape index (κ2) is 13.3. The Morgan fingerprint density at radius 2 is 1.00 bits per heavy atom. The van der Waals surface area contributed by atoms with Gasteiger partial charge in [0.25, 0.3) is 0 Å². The van der Waals surface area contributed by atoms with Gasteiger partial charge in [0.05, 0.1) is 16.6 Å². The number of aryl methyl sites for hydroxylation is 1. The summed E-state index contributed by atoms with van der Waals surface area (Å²) in [4.78, 5) is 14.6. The van der Waals surface area contributed by atoms with Gasteiger partial charge in [-0.25, -0.2) is 15.0 Å². The first kappa shape index (κ1) is 33.0. The Labute approximate surface area is 309 Å². The van der Waals surface area contributed by atoms with Gasteiger partial charge in [0.2, 0.25) is 0 Å². The summed E-state index contributed by atoms with van der Waals surface area (Å²) in [6.07, 6.45) is -4.60. The van der Waals surface area contributed by atoms with Crippen LogP contribution in [0, 0.1) is 6.92 Å². The van der Waals surface area contributed by atoms with Crippen molar-refractivity contribution in [1.29, 1.82) is 0 Å². The summed E-state index contributed by atoms with van der Waals surface area (Å²) < 4.78 is 46.5. The minimum absolute atomic E-state index is 0.0345. The number of para-hydroxylation sites is 1. The van der Waals surface area contributed by atoms with Crippen LogP contribution in [0.3, 0.4) is 0 Å². The zero-order valence-corrected chi connectivity index (χ0v) is 29.1. The van der Waals surface area contributed by atoms with Crippen LogP contribution < -0.4 is 0 Å². The molecular formula is C47H31F3N4. The van der Waals surface area contributed by atoms with E-state index in [2.05, 4.69) is 60.0 Å². The van der Waals surface area contributed by atoms with Crippen LogP contribution in [0.2, 0.25) is 0 Å². The molecule has 0 saturated carbocycles. The van der Waals surface area contributed by atoms with Gasteiger partial charge in [-0.1, -0.05) is 133 Å². The fourth-order valence-electron chi connectivity index (χ4n) is 7.16. The average Bonchev–Trinajstić information content (AvgIpc) is 3.55. The molecule has 0 fully saturated rings. The van der Waals surface area contributed by atoms with Crippen LogP contribution in [0.15, 0.2) is 170 Å². The molecule has 0 aliphatic heterocycles.